The zero-order valence-corrected chi connectivity index (χ0v) is 11.5. The Bertz CT molecular complexity index is 567. The van der Waals surface area contributed by atoms with Crippen LogP contribution in [0.3, 0.4) is 0 Å². The third-order valence-corrected chi connectivity index (χ3v) is 3.25. The molecule has 0 bridgehead atoms. The number of Topliss-reactive ketones (excluding diaryl/α,β-unsaturated/α-hetero) is 1. The minimum atomic E-state index is -0.515. The second-order valence-electron chi connectivity index (χ2n) is 4.32. The molecule has 1 aromatic rings. The van der Waals surface area contributed by atoms with Gasteiger partial charge in [0, 0.05) is 24.4 Å². The van der Waals surface area contributed by atoms with Crippen LogP contribution in [0.25, 0.3) is 0 Å². The number of nitrogens with zero attached hydrogens (tertiary/aromatic N) is 3. The van der Waals surface area contributed by atoms with Crippen LogP contribution >= 0.6 is 11.5 Å². The third kappa shape index (κ3) is 3.44. The molecule has 3 amide bonds. The van der Waals surface area contributed by atoms with Crippen molar-refractivity contribution >= 4 is 40.2 Å². The van der Waals surface area contributed by atoms with E-state index in [4.69, 9.17) is 0 Å². The van der Waals surface area contributed by atoms with Crippen LogP contribution in [0.1, 0.15) is 25.6 Å². The molecule has 0 saturated carbocycles. The minimum Gasteiger partial charge on any atom is -0.300 e. The average Bonchev–Trinajstić information content (AvgIpc) is 2.90. The van der Waals surface area contributed by atoms with Crippen LogP contribution in [0.4, 0.5) is 5.13 Å². The SMILES string of the molecule is CC(=O)Cc1nsc(NC(=O)CN2C(=O)CCC2=O)n1. The van der Waals surface area contributed by atoms with Crippen LogP contribution in [0.5, 0.6) is 0 Å². The van der Waals surface area contributed by atoms with Gasteiger partial charge in [-0.05, 0) is 6.92 Å². The van der Waals surface area contributed by atoms with E-state index in [1.54, 1.807) is 0 Å². The fourth-order valence-corrected chi connectivity index (χ4v) is 2.30. The molecular formula is C11H12N4O4S. The predicted molar refractivity (Wildman–Crippen MR) is 68.9 cm³/mol. The Morgan fingerprint density at radius 1 is 1.30 bits per heavy atom. The Kier molecular flexibility index (Phi) is 4.18. The summed E-state index contributed by atoms with van der Waals surface area (Å²) in [7, 11) is 0. The second-order valence-corrected chi connectivity index (χ2v) is 5.07. The van der Waals surface area contributed by atoms with Gasteiger partial charge in [-0.1, -0.05) is 0 Å². The second kappa shape index (κ2) is 5.87. The molecule has 1 aliphatic heterocycles. The highest BCUT2D eigenvalue weighted by atomic mass is 32.1. The van der Waals surface area contributed by atoms with Crippen LogP contribution in [0, 0.1) is 0 Å². The van der Waals surface area contributed by atoms with Crippen LogP contribution in [0.15, 0.2) is 0 Å². The highest BCUT2D eigenvalue weighted by Crippen LogP contribution is 2.14. The van der Waals surface area contributed by atoms with E-state index in [0.717, 1.165) is 16.4 Å². The molecule has 2 rings (SSSR count). The maximum absolute atomic E-state index is 11.7. The van der Waals surface area contributed by atoms with Crippen molar-refractivity contribution in [3.05, 3.63) is 5.82 Å². The monoisotopic (exact) mass is 296 g/mol. The van der Waals surface area contributed by atoms with Gasteiger partial charge in [0.15, 0.2) is 5.82 Å². The topological polar surface area (TPSA) is 109 Å². The summed E-state index contributed by atoms with van der Waals surface area (Å²) >= 11 is 0.946. The molecule has 0 atom stereocenters. The molecule has 2 heterocycles. The Morgan fingerprint density at radius 2 is 1.95 bits per heavy atom. The number of ketones is 1. The molecular weight excluding hydrogens is 284 g/mol. The van der Waals surface area contributed by atoms with Crippen molar-refractivity contribution in [1.82, 2.24) is 14.3 Å². The lowest BCUT2D eigenvalue weighted by molar-refractivity contribution is -0.141. The van der Waals surface area contributed by atoms with E-state index in [0.29, 0.717) is 5.82 Å². The van der Waals surface area contributed by atoms with E-state index < -0.39 is 5.91 Å². The number of hydrogen-bond acceptors (Lipinski definition) is 7. The van der Waals surface area contributed by atoms with Gasteiger partial charge in [-0.25, -0.2) is 4.98 Å². The lowest BCUT2D eigenvalue weighted by Gasteiger charge is -2.12. The molecule has 0 aliphatic carbocycles. The standard InChI is InChI=1S/C11H12N4O4S/c1-6(16)4-7-12-11(20-14-7)13-8(17)5-15-9(18)2-3-10(15)19/h2-5H2,1H3,(H,12,13,14,17). The molecule has 1 aromatic heterocycles. The van der Waals surface area contributed by atoms with Gasteiger partial charge in [0.25, 0.3) is 0 Å². The van der Waals surface area contributed by atoms with Gasteiger partial charge in [0.2, 0.25) is 22.9 Å². The fourth-order valence-electron chi connectivity index (χ4n) is 1.70. The minimum absolute atomic E-state index is 0.0751. The van der Waals surface area contributed by atoms with E-state index in [2.05, 4.69) is 14.7 Å². The molecule has 1 fully saturated rings. The fraction of sp³-hybridized carbons (Fsp3) is 0.455. The highest BCUT2D eigenvalue weighted by Gasteiger charge is 2.30. The highest BCUT2D eigenvalue weighted by molar-refractivity contribution is 7.09. The molecule has 0 radical (unpaired) electrons. The van der Waals surface area contributed by atoms with Gasteiger partial charge in [-0.3, -0.25) is 29.4 Å². The van der Waals surface area contributed by atoms with E-state index in [1.165, 1.54) is 6.92 Å². The number of likely N-dealkylation sites (tertiary alicyclic amines) is 1. The number of imide groups is 1. The molecule has 106 valence electrons. The molecule has 0 aromatic carbocycles. The summed E-state index contributed by atoms with van der Waals surface area (Å²) < 4.78 is 3.92. The Morgan fingerprint density at radius 3 is 2.55 bits per heavy atom. The molecule has 1 aliphatic rings. The molecule has 9 heteroatoms. The van der Waals surface area contributed by atoms with Gasteiger partial charge in [0.05, 0.1) is 6.42 Å². The molecule has 8 nitrogen and oxygen atoms in total. The van der Waals surface area contributed by atoms with Gasteiger partial charge >= 0.3 is 0 Å². The maximum atomic E-state index is 11.7. The molecule has 1 saturated heterocycles. The molecule has 1 N–H and O–H groups in total. The lowest BCUT2D eigenvalue weighted by atomic mass is 10.3. The summed E-state index contributed by atoms with van der Waals surface area (Å²) in [5.41, 5.74) is 0. The first-order chi connectivity index (χ1) is 9.45. The summed E-state index contributed by atoms with van der Waals surface area (Å²) in [6.45, 7) is 1.10. The number of anilines is 1. The van der Waals surface area contributed by atoms with Crippen LogP contribution in [-0.4, -0.2) is 44.3 Å². The van der Waals surface area contributed by atoms with Crippen LogP contribution in [0.2, 0.25) is 0 Å². The summed E-state index contributed by atoms with van der Waals surface area (Å²) in [6.07, 6.45) is 0.400. The first-order valence-corrected chi connectivity index (χ1v) is 6.68. The number of carbonyl (C=O) groups excluding carboxylic acids is 4. The number of amides is 3. The van der Waals surface area contributed by atoms with Crippen molar-refractivity contribution in [2.24, 2.45) is 0 Å². The Balaban J connectivity index is 1.91. The van der Waals surface area contributed by atoms with E-state index in [9.17, 15) is 19.2 Å². The van der Waals surface area contributed by atoms with Gasteiger partial charge in [0.1, 0.15) is 12.3 Å². The molecule has 20 heavy (non-hydrogen) atoms. The third-order valence-electron chi connectivity index (χ3n) is 2.58. The van der Waals surface area contributed by atoms with Crippen LogP contribution in [-0.2, 0) is 25.6 Å². The van der Waals surface area contributed by atoms with Crippen molar-refractivity contribution in [2.75, 3.05) is 11.9 Å². The lowest BCUT2D eigenvalue weighted by Crippen LogP contribution is -2.36. The van der Waals surface area contributed by atoms with Crippen LogP contribution < -0.4 is 5.32 Å². The summed E-state index contributed by atoms with van der Waals surface area (Å²) in [5, 5.41) is 2.69. The summed E-state index contributed by atoms with van der Waals surface area (Å²) in [5.74, 6) is -0.946. The van der Waals surface area contributed by atoms with Gasteiger partial charge in [-0.2, -0.15) is 4.37 Å². The largest absolute Gasteiger partial charge is 0.300 e. The normalized spacial score (nSPS) is 14.8. The maximum Gasteiger partial charge on any atom is 0.246 e. The van der Waals surface area contributed by atoms with Crippen molar-refractivity contribution in [3.63, 3.8) is 0 Å². The van der Waals surface area contributed by atoms with Crippen molar-refractivity contribution in [3.8, 4) is 0 Å². The van der Waals surface area contributed by atoms with Gasteiger partial charge < -0.3 is 0 Å². The first kappa shape index (κ1) is 14.3. The van der Waals surface area contributed by atoms with Crippen molar-refractivity contribution in [1.29, 1.82) is 0 Å². The van der Waals surface area contributed by atoms with E-state index >= 15 is 0 Å². The smallest absolute Gasteiger partial charge is 0.246 e. The van der Waals surface area contributed by atoms with E-state index in [1.807, 2.05) is 0 Å². The molecule has 0 spiro atoms. The Hall–Kier alpha value is -2.16. The zero-order chi connectivity index (χ0) is 14.7. The average molecular weight is 296 g/mol. The first-order valence-electron chi connectivity index (χ1n) is 5.91. The summed E-state index contributed by atoms with van der Waals surface area (Å²) in [6, 6.07) is 0. The number of rotatable bonds is 5. The zero-order valence-electron chi connectivity index (χ0n) is 10.7. The predicted octanol–water partition coefficient (Wildman–Crippen LogP) is -0.243. The number of aromatic nitrogens is 2. The Labute approximate surface area is 118 Å². The van der Waals surface area contributed by atoms with Crippen molar-refractivity contribution < 1.29 is 19.2 Å². The number of hydrogen-bond donors (Lipinski definition) is 1. The molecule has 0 unspecified atom stereocenters. The van der Waals surface area contributed by atoms with E-state index in [-0.39, 0.29) is 48.5 Å². The summed E-state index contributed by atoms with van der Waals surface area (Å²) in [4.78, 5) is 50.2. The quantitative estimate of drug-likeness (QED) is 0.751. The number of carbonyl (C=O) groups is 4. The van der Waals surface area contributed by atoms with Gasteiger partial charge in [-0.15, -0.1) is 0 Å². The number of nitrogens with one attached hydrogen (secondary N) is 1. The van der Waals surface area contributed by atoms with Crippen molar-refractivity contribution in [2.45, 2.75) is 26.2 Å².